The Kier molecular flexibility index (Phi) is 4.21. The predicted octanol–water partition coefficient (Wildman–Crippen LogP) is 2.23. The molecule has 1 atom stereocenters. The Hall–Kier alpha value is -2.52. The minimum Gasteiger partial charge on any atom is -0.452 e. The van der Waals surface area contributed by atoms with Crippen LogP contribution in [-0.4, -0.2) is 31.7 Å². The molecule has 0 saturated carbocycles. The minimum atomic E-state index is -3.68. The zero-order chi connectivity index (χ0) is 18.4. The standard InChI is InChI=1S/C16H13F2NO5S/c1-25(22,23)19-12-4-8-5-13(20)16(21)10(8)7-15(12)24-14-3-2-9(17)6-11(14)18/h2-4,6-7,13,19-20H,5H2,1H3. The maximum absolute atomic E-state index is 13.8. The van der Waals surface area contributed by atoms with Crippen LogP contribution in [0.15, 0.2) is 30.3 Å². The summed E-state index contributed by atoms with van der Waals surface area (Å²) in [7, 11) is -3.68. The molecule has 132 valence electrons. The molecular formula is C16H13F2NO5S. The highest BCUT2D eigenvalue weighted by Crippen LogP contribution is 2.37. The maximum Gasteiger partial charge on any atom is 0.229 e. The van der Waals surface area contributed by atoms with Gasteiger partial charge in [0.05, 0.1) is 11.9 Å². The minimum absolute atomic E-state index is 0.0214. The number of rotatable bonds is 4. The van der Waals surface area contributed by atoms with Crippen molar-refractivity contribution < 1.29 is 31.8 Å². The Morgan fingerprint density at radius 3 is 2.56 bits per heavy atom. The van der Waals surface area contributed by atoms with Gasteiger partial charge in [-0.2, -0.15) is 0 Å². The molecule has 0 fully saturated rings. The zero-order valence-corrected chi connectivity index (χ0v) is 13.7. The van der Waals surface area contributed by atoms with E-state index in [1.165, 1.54) is 12.1 Å². The first-order valence-electron chi connectivity index (χ1n) is 7.14. The molecule has 1 aliphatic rings. The predicted molar refractivity (Wildman–Crippen MR) is 85.4 cm³/mol. The average Bonchev–Trinajstić information content (AvgIpc) is 2.75. The molecule has 0 radical (unpaired) electrons. The van der Waals surface area contributed by atoms with Crippen LogP contribution in [0.1, 0.15) is 15.9 Å². The van der Waals surface area contributed by atoms with Crippen molar-refractivity contribution in [2.24, 2.45) is 0 Å². The molecule has 2 N–H and O–H groups in total. The molecule has 0 heterocycles. The fraction of sp³-hybridized carbons (Fsp3) is 0.188. The monoisotopic (exact) mass is 369 g/mol. The van der Waals surface area contributed by atoms with Crippen molar-refractivity contribution in [3.8, 4) is 11.5 Å². The molecule has 0 aromatic heterocycles. The number of ether oxygens (including phenoxy) is 1. The summed E-state index contributed by atoms with van der Waals surface area (Å²) < 4.78 is 57.5. The van der Waals surface area contributed by atoms with E-state index in [4.69, 9.17) is 4.74 Å². The molecule has 2 aromatic rings. The molecule has 9 heteroatoms. The first kappa shape index (κ1) is 17.3. The number of aliphatic hydroxyl groups excluding tert-OH is 1. The summed E-state index contributed by atoms with van der Waals surface area (Å²) in [5.74, 6) is -2.81. The number of Topliss-reactive ketones (excluding diaryl/α,β-unsaturated/α-hetero) is 1. The van der Waals surface area contributed by atoms with Gasteiger partial charge in [0.2, 0.25) is 10.0 Å². The number of anilines is 1. The Bertz CT molecular complexity index is 975. The number of benzene rings is 2. The molecule has 0 bridgehead atoms. The van der Waals surface area contributed by atoms with Crippen LogP contribution in [0.2, 0.25) is 0 Å². The molecule has 6 nitrogen and oxygen atoms in total. The molecule has 0 spiro atoms. The second-order valence-corrected chi connectivity index (χ2v) is 7.39. The third-order valence-electron chi connectivity index (χ3n) is 3.60. The van der Waals surface area contributed by atoms with Crippen molar-refractivity contribution >= 4 is 21.5 Å². The number of hydrogen-bond donors (Lipinski definition) is 2. The normalized spacial score (nSPS) is 16.6. The van der Waals surface area contributed by atoms with Gasteiger partial charge in [0.15, 0.2) is 23.1 Å². The number of sulfonamides is 1. The highest BCUT2D eigenvalue weighted by molar-refractivity contribution is 7.92. The van der Waals surface area contributed by atoms with E-state index in [1.807, 2.05) is 0 Å². The first-order chi connectivity index (χ1) is 11.6. The van der Waals surface area contributed by atoms with Gasteiger partial charge in [-0.25, -0.2) is 17.2 Å². The quantitative estimate of drug-likeness (QED) is 0.862. The van der Waals surface area contributed by atoms with E-state index in [9.17, 15) is 27.1 Å². The SMILES string of the molecule is CS(=O)(=O)Nc1cc2c(cc1Oc1ccc(F)cc1F)C(=O)C(O)C2. The van der Waals surface area contributed by atoms with Crippen molar-refractivity contribution in [3.05, 3.63) is 53.1 Å². The van der Waals surface area contributed by atoms with Crippen LogP contribution in [-0.2, 0) is 16.4 Å². The number of aliphatic hydroxyl groups is 1. The van der Waals surface area contributed by atoms with Crippen molar-refractivity contribution in [2.75, 3.05) is 11.0 Å². The van der Waals surface area contributed by atoms with E-state index in [0.29, 0.717) is 11.6 Å². The van der Waals surface area contributed by atoms with Gasteiger partial charge in [0.25, 0.3) is 0 Å². The van der Waals surface area contributed by atoms with Gasteiger partial charge in [-0.05, 0) is 29.8 Å². The van der Waals surface area contributed by atoms with E-state index in [-0.39, 0.29) is 29.2 Å². The number of fused-ring (bicyclic) bond motifs is 1. The lowest BCUT2D eigenvalue weighted by Crippen LogP contribution is -2.14. The van der Waals surface area contributed by atoms with Gasteiger partial charge in [-0.15, -0.1) is 0 Å². The van der Waals surface area contributed by atoms with Gasteiger partial charge >= 0.3 is 0 Å². The fourth-order valence-electron chi connectivity index (χ4n) is 2.54. The summed E-state index contributed by atoms with van der Waals surface area (Å²) in [5.41, 5.74) is 0.575. The number of hydrogen-bond acceptors (Lipinski definition) is 5. The lowest BCUT2D eigenvalue weighted by Gasteiger charge is -2.14. The largest absolute Gasteiger partial charge is 0.452 e. The van der Waals surface area contributed by atoms with Crippen LogP contribution >= 0.6 is 0 Å². The third kappa shape index (κ3) is 3.62. The lowest BCUT2D eigenvalue weighted by molar-refractivity contribution is 0.0780. The van der Waals surface area contributed by atoms with E-state index in [0.717, 1.165) is 18.4 Å². The number of halogens is 2. The number of nitrogens with one attached hydrogen (secondary N) is 1. The van der Waals surface area contributed by atoms with Crippen molar-refractivity contribution in [3.63, 3.8) is 0 Å². The summed E-state index contributed by atoms with van der Waals surface area (Å²) in [5, 5.41) is 9.67. The summed E-state index contributed by atoms with van der Waals surface area (Å²) >= 11 is 0. The van der Waals surface area contributed by atoms with Crippen LogP contribution in [0.4, 0.5) is 14.5 Å². The van der Waals surface area contributed by atoms with Crippen LogP contribution < -0.4 is 9.46 Å². The summed E-state index contributed by atoms with van der Waals surface area (Å²) in [6, 6.07) is 5.20. The van der Waals surface area contributed by atoms with E-state index >= 15 is 0 Å². The highest BCUT2D eigenvalue weighted by Gasteiger charge is 2.31. The van der Waals surface area contributed by atoms with Crippen molar-refractivity contribution in [2.45, 2.75) is 12.5 Å². The summed E-state index contributed by atoms with van der Waals surface area (Å²) in [6.45, 7) is 0. The average molecular weight is 369 g/mol. The molecule has 0 saturated heterocycles. The zero-order valence-electron chi connectivity index (χ0n) is 12.9. The molecule has 0 aliphatic heterocycles. The smallest absolute Gasteiger partial charge is 0.229 e. The molecule has 1 unspecified atom stereocenters. The van der Waals surface area contributed by atoms with E-state index < -0.39 is 33.5 Å². The lowest BCUT2D eigenvalue weighted by atomic mass is 10.1. The van der Waals surface area contributed by atoms with E-state index in [2.05, 4.69) is 4.72 Å². The number of carbonyl (C=O) groups is 1. The van der Waals surface area contributed by atoms with Crippen molar-refractivity contribution in [1.29, 1.82) is 0 Å². The second kappa shape index (κ2) is 6.08. The second-order valence-electron chi connectivity index (χ2n) is 5.64. The number of carbonyl (C=O) groups excluding carboxylic acids is 1. The van der Waals surface area contributed by atoms with Crippen LogP contribution in [0.3, 0.4) is 0 Å². The van der Waals surface area contributed by atoms with E-state index in [1.54, 1.807) is 0 Å². The highest BCUT2D eigenvalue weighted by atomic mass is 32.2. The molecule has 3 rings (SSSR count). The fourth-order valence-corrected chi connectivity index (χ4v) is 3.10. The Morgan fingerprint density at radius 1 is 1.20 bits per heavy atom. The van der Waals surface area contributed by atoms with Gasteiger partial charge in [-0.3, -0.25) is 9.52 Å². The van der Waals surface area contributed by atoms with Crippen molar-refractivity contribution in [1.82, 2.24) is 0 Å². The van der Waals surface area contributed by atoms with Gasteiger partial charge in [0.1, 0.15) is 11.9 Å². The Balaban J connectivity index is 2.08. The number of ketones is 1. The topological polar surface area (TPSA) is 92.7 Å². The third-order valence-corrected chi connectivity index (χ3v) is 4.19. The molecule has 0 amide bonds. The Morgan fingerprint density at radius 2 is 1.92 bits per heavy atom. The molecule has 1 aliphatic carbocycles. The van der Waals surface area contributed by atoms with Crippen LogP contribution in [0, 0.1) is 11.6 Å². The van der Waals surface area contributed by atoms with Crippen LogP contribution in [0.25, 0.3) is 0 Å². The molecule has 2 aromatic carbocycles. The Labute approximate surface area is 142 Å². The summed E-state index contributed by atoms with van der Waals surface area (Å²) in [6.07, 6.45) is -0.265. The van der Waals surface area contributed by atoms with Gasteiger partial charge in [0, 0.05) is 18.1 Å². The molecule has 25 heavy (non-hydrogen) atoms. The first-order valence-corrected chi connectivity index (χ1v) is 9.03. The van der Waals surface area contributed by atoms with Gasteiger partial charge < -0.3 is 9.84 Å². The van der Waals surface area contributed by atoms with Gasteiger partial charge in [-0.1, -0.05) is 0 Å². The maximum atomic E-state index is 13.8. The summed E-state index contributed by atoms with van der Waals surface area (Å²) in [4.78, 5) is 11.9. The van der Waals surface area contributed by atoms with Crippen LogP contribution in [0.5, 0.6) is 11.5 Å². The molecular weight excluding hydrogens is 356 g/mol.